The summed E-state index contributed by atoms with van der Waals surface area (Å²) in [6.45, 7) is 7.72. The maximum absolute atomic E-state index is 12.5. The molecule has 0 aliphatic rings. The first-order chi connectivity index (χ1) is 16.5. The van der Waals surface area contributed by atoms with Crippen LogP contribution in [-0.2, 0) is 33.9 Å². The Balaban J connectivity index is 1.85. The highest BCUT2D eigenvalue weighted by molar-refractivity contribution is 6.67. The molecular formula is C27H33ClN2O5. The van der Waals surface area contributed by atoms with Crippen molar-refractivity contribution in [1.29, 1.82) is 0 Å². The zero-order valence-electron chi connectivity index (χ0n) is 20.8. The Bertz CT molecular complexity index is 1050. The topological polar surface area (TPSA) is 92.8 Å². The monoisotopic (exact) mass is 500 g/mol. The summed E-state index contributed by atoms with van der Waals surface area (Å²) in [7, 11) is 1.58. The molecule has 2 aromatic carbocycles. The maximum Gasteiger partial charge on any atom is 0.410 e. The van der Waals surface area contributed by atoms with Gasteiger partial charge in [-0.2, -0.15) is 0 Å². The highest BCUT2D eigenvalue weighted by Gasteiger charge is 2.22. The first-order valence-electron chi connectivity index (χ1n) is 11.6. The Morgan fingerprint density at radius 3 is 2.14 bits per heavy atom. The molecule has 0 radical (unpaired) electrons. The number of nitrogens with zero attached hydrogens (tertiary/aromatic N) is 1. The summed E-state index contributed by atoms with van der Waals surface area (Å²) in [5.41, 5.74) is 2.56. The van der Waals surface area contributed by atoms with Crippen LogP contribution in [0.25, 0.3) is 0 Å². The van der Waals surface area contributed by atoms with Crippen LogP contribution in [0.5, 0.6) is 0 Å². The summed E-state index contributed by atoms with van der Waals surface area (Å²) in [5.74, 6) is -0.167. The van der Waals surface area contributed by atoms with Gasteiger partial charge in [-0.15, -0.1) is 0 Å². The summed E-state index contributed by atoms with van der Waals surface area (Å²) in [5, 5.41) is 2.21. The van der Waals surface area contributed by atoms with Crippen LogP contribution < -0.4 is 5.32 Å². The number of rotatable bonds is 11. The van der Waals surface area contributed by atoms with E-state index < -0.39 is 17.4 Å². The van der Waals surface area contributed by atoms with Gasteiger partial charge in [0.05, 0.1) is 6.04 Å². The third kappa shape index (κ3) is 8.51. The molecule has 0 aliphatic carbocycles. The third-order valence-corrected chi connectivity index (χ3v) is 6.17. The minimum absolute atomic E-state index is 0.0625. The molecule has 2 atom stereocenters. The van der Waals surface area contributed by atoms with Crippen molar-refractivity contribution in [3.63, 3.8) is 0 Å². The standard InChI is InChI=1S/C27H33ClN2O5/c1-17(2)18(3)26(33)29-19(4)24(31)14-20-10-12-21(13-11-20)16-35-27(34)30(5)15-22-8-6-7-9-23(22)25(28)32/h6-13,17-19H,14-16H2,1-5H3,(H,29,33)/t18-,19-/m0/s1. The van der Waals surface area contributed by atoms with Crippen LogP contribution in [-0.4, -0.2) is 41.0 Å². The van der Waals surface area contributed by atoms with Gasteiger partial charge in [-0.3, -0.25) is 14.4 Å². The van der Waals surface area contributed by atoms with Crippen molar-refractivity contribution in [2.24, 2.45) is 11.8 Å². The van der Waals surface area contributed by atoms with Crippen molar-refractivity contribution in [2.75, 3.05) is 7.05 Å². The Morgan fingerprint density at radius 2 is 1.54 bits per heavy atom. The largest absolute Gasteiger partial charge is 0.445 e. The van der Waals surface area contributed by atoms with Gasteiger partial charge >= 0.3 is 6.09 Å². The summed E-state index contributed by atoms with van der Waals surface area (Å²) in [4.78, 5) is 50.0. The number of ether oxygens (including phenoxy) is 1. The summed E-state index contributed by atoms with van der Waals surface area (Å²) in [6, 6.07) is 13.4. The normalized spacial score (nSPS) is 12.5. The molecule has 0 bridgehead atoms. The molecule has 8 heteroatoms. The molecule has 7 nitrogen and oxygen atoms in total. The van der Waals surface area contributed by atoms with Gasteiger partial charge in [0, 0.05) is 31.5 Å². The molecule has 188 valence electrons. The quantitative estimate of drug-likeness (QED) is 0.450. The molecule has 2 aromatic rings. The number of amides is 2. The molecule has 0 unspecified atom stereocenters. The molecule has 0 heterocycles. The molecule has 0 saturated carbocycles. The van der Waals surface area contributed by atoms with E-state index in [1.165, 1.54) is 4.90 Å². The second-order valence-corrected chi connectivity index (χ2v) is 9.41. The number of halogens is 1. The van der Waals surface area contributed by atoms with Gasteiger partial charge in [-0.05, 0) is 47.2 Å². The van der Waals surface area contributed by atoms with Gasteiger partial charge in [-0.1, -0.05) is 63.2 Å². The lowest BCUT2D eigenvalue weighted by Crippen LogP contribution is -2.42. The molecular weight excluding hydrogens is 468 g/mol. The molecule has 0 fully saturated rings. The number of nitrogens with one attached hydrogen (secondary N) is 1. The molecule has 2 rings (SSSR count). The van der Waals surface area contributed by atoms with Crippen LogP contribution in [0.4, 0.5) is 4.79 Å². The van der Waals surface area contributed by atoms with Crippen molar-refractivity contribution in [3.8, 4) is 0 Å². The fourth-order valence-electron chi connectivity index (χ4n) is 3.26. The van der Waals surface area contributed by atoms with Gasteiger partial charge in [0.1, 0.15) is 6.61 Å². The Labute approximate surface area is 211 Å². The highest BCUT2D eigenvalue weighted by atomic mass is 35.5. The molecule has 0 spiro atoms. The number of benzene rings is 2. The van der Waals surface area contributed by atoms with Gasteiger partial charge in [-0.25, -0.2) is 4.79 Å². The van der Waals surface area contributed by atoms with Crippen LogP contribution in [0.15, 0.2) is 48.5 Å². The van der Waals surface area contributed by atoms with Gasteiger partial charge < -0.3 is 15.0 Å². The molecule has 0 aliphatic heterocycles. The Hall–Kier alpha value is -3.19. The van der Waals surface area contributed by atoms with Gasteiger partial charge in [0.2, 0.25) is 5.91 Å². The van der Waals surface area contributed by atoms with Crippen molar-refractivity contribution in [1.82, 2.24) is 10.2 Å². The lowest BCUT2D eigenvalue weighted by molar-refractivity contribution is -0.130. The number of Topliss-reactive ketones (excluding diaryl/α,β-unsaturated/α-hetero) is 1. The fourth-order valence-corrected chi connectivity index (χ4v) is 3.45. The fraction of sp³-hybridized carbons (Fsp3) is 0.407. The minimum Gasteiger partial charge on any atom is -0.445 e. The third-order valence-electron chi connectivity index (χ3n) is 5.97. The number of carbonyl (C=O) groups is 4. The first kappa shape index (κ1) is 28.1. The maximum atomic E-state index is 12.5. The second-order valence-electron chi connectivity index (χ2n) is 9.06. The number of carbonyl (C=O) groups excluding carboxylic acids is 4. The van der Waals surface area contributed by atoms with Crippen molar-refractivity contribution in [3.05, 3.63) is 70.8 Å². The van der Waals surface area contributed by atoms with Gasteiger partial charge in [0.25, 0.3) is 5.24 Å². The smallest absolute Gasteiger partial charge is 0.410 e. The number of hydrogen-bond donors (Lipinski definition) is 1. The van der Waals surface area contributed by atoms with E-state index in [9.17, 15) is 19.2 Å². The second kappa shape index (κ2) is 13.0. The summed E-state index contributed by atoms with van der Waals surface area (Å²) >= 11 is 5.61. The average molecular weight is 501 g/mol. The van der Waals surface area contributed by atoms with Crippen LogP contribution in [0, 0.1) is 11.8 Å². The summed E-state index contributed by atoms with van der Waals surface area (Å²) in [6.07, 6.45) is -0.347. The van der Waals surface area contributed by atoms with E-state index in [1.54, 1.807) is 62.5 Å². The van der Waals surface area contributed by atoms with Crippen molar-refractivity contribution < 1.29 is 23.9 Å². The molecule has 0 saturated heterocycles. The number of ketones is 1. The first-order valence-corrected chi connectivity index (χ1v) is 11.9. The zero-order chi connectivity index (χ0) is 26.1. The molecule has 2 amide bonds. The molecule has 1 N–H and O–H groups in total. The minimum atomic E-state index is -0.581. The van der Waals surface area contributed by atoms with E-state index in [4.69, 9.17) is 16.3 Å². The zero-order valence-corrected chi connectivity index (χ0v) is 21.6. The van der Waals surface area contributed by atoms with E-state index in [-0.39, 0.29) is 43.1 Å². The van der Waals surface area contributed by atoms with Crippen molar-refractivity contribution >= 4 is 34.6 Å². The van der Waals surface area contributed by atoms with E-state index in [2.05, 4.69) is 5.32 Å². The predicted octanol–water partition coefficient (Wildman–Crippen LogP) is 4.74. The van der Waals surface area contributed by atoms with Crippen molar-refractivity contribution in [2.45, 2.75) is 53.3 Å². The predicted molar refractivity (Wildman–Crippen MR) is 135 cm³/mol. The summed E-state index contributed by atoms with van der Waals surface area (Å²) < 4.78 is 5.36. The van der Waals surface area contributed by atoms with Crippen LogP contribution in [0.2, 0.25) is 0 Å². The van der Waals surface area contributed by atoms with E-state index >= 15 is 0 Å². The molecule has 35 heavy (non-hydrogen) atoms. The van der Waals surface area contributed by atoms with E-state index in [0.717, 1.165) is 11.1 Å². The Morgan fingerprint density at radius 1 is 0.943 bits per heavy atom. The lowest BCUT2D eigenvalue weighted by atomic mass is 9.96. The van der Waals surface area contributed by atoms with Crippen LogP contribution >= 0.6 is 11.6 Å². The van der Waals surface area contributed by atoms with Gasteiger partial charge in [0.15, 0.2) is 5.78 Å². The lowest BCUT2D eigenvalue weighted by Gasteiger charge is -2.19. The SMILES string of the molecule is CC(C)[C@H](C)C(=O)N[C@@H](C)C(=O)Cc1ccc(COC(=O)N(C)Cc2ccccc2C(=O)Cl)cc1. The average Bonchev–Trinajstić information content (AvgIpc) is 2.82. The van der Waals surface area contributed by atoms with E-state index in [0.29, 0.717) is 11.1 Å². The van der Waals surface area contributed by atoms with Crippen LogP contribution in [0.1, 0.15) is 54.7 Å². The number of hydrogen-bond acceptors (Lipinski definition) is 5. The van der Waals surface area contributed by atoms with Crippen LogP contribution in [0.3, 0.4) is 0 Å². The molecule has 0 aromatic heterocycles. The highest BCUT2D eigenvalue weighted by Crippen LogP contribution is 2.15. The Kier molecular flexibility index (Phi) is 10.5. The van der Waals surface area contributed by atoms with E-state index in [1.807, 2.05) is 20.8 Å².